The molecule has 0 aliphatic heterocycles. The van der Waals surface area contributed by atoms with Crippen molar-refractivity contribution in [2.24, 2.45) is 5.73 Å². The van der Waals surface area contributed by atoms with E-state index in [0.29, 0.717) is 25.1 Å². The molecule has 1 aromatic heterocycles. The van der Waals surface area contributed by atoms with Gasteiger partial charge in [0, 0.05) is 17.3 Å². The molecule has 0 atom stereocenters. The average Bonchev–Trinajstić information content (AvgIpc) is 2.22. The van der Waals surface area contributed by atoms with Crippen molar-refractivity contribution in [3.05, 3.63) is 11.8 Å². The second kappa shape index (κ2) is 5.82. The van der Waals surface area contributed by atoms with Crippen molar-refractivity contribution < 1.29 is 9.47 Å². The Morgan fingerprint density at radius 1 is 1.29 bits per heavy atom. The monoisotopic (exact) mass is 239 g/mol. The summed E-state index contributed by atoms with van der Waals surface area (Å²) in [7, 11) is 0. The molecule has 96 valence electrons. The van der Waals surface area contributed by atoms with Gasteiger partial charge < -0.3 is 15.2 Å². The van der Waals surface area contributed by atoms with Crippen LogP contribution in [0.5, 0.6) is 11.9 Å². The Balaban J connectivity index is 2.68. The van der Waals surface area contributed by atoms with Crippen molar-refractivity contribution >= 4 is 0 Å². The van der Waals surface area contributed by atoms with Crippen molar-refractivity contribution in [1.29, 1.82) is 0 Å². The van der Waals surface area contributed by atoms with Crippen LogP contribution in [0, 0.1) is 6.92 Å². The van der Waals surface area contributed by atoms with E-state index in [1.165, 1.54) is 0 Å². The van der Waals surface area contributed by atoms with Crippen LogP contribution in [0.1, 0.15) is 32.9 Å². The molecule has 1 heterocycles. The van der Waals surface area contributed by atoms with Crippen LogP contribution in [0.2, 0.25) is 0 Å². The first-order valence-electron chi connectivity index (χ1n) is 5.81. The zero-order valence-corrected chi connectivity index (χ0v) is 11.0. The summed E-state index contributed by atoms with van der Waals surface area (Å²) in [4.78, 5) is 8.34. The smallest absolute Gasteiger partial charge is 0.319 e. The maximum absolute atomic E-state index is 5.83. The van der Waals surface area contributed by atoms with E-state index in [1.807, 2.05) is 27.7 Å². The highest BCUT2D eigenvalue weighted by molar-refractivity contribution is 5.17. The topological polar surface area (TPSA) is 70.3 Å². The molecule has 0 fully saturated rings. The quantitative estimate of drug-likeness (QED) is 0.818. The normalized spacial score (nSPS) is 11.4. The van der Waals surface area contributed by atoms with E-state index >= 15 is 0 Å². The maximum Gasteiger partial charge on any atom is 0.319 e. The van der Waals surface area contributed by atoms with E-state index in [0.717, 1.165) is 12.1 Å². The van der Waals surface area contributed by atoms with Gasteiger partial charge >= 0.3 is 6.01 Å². The highest BCUT2D eigenvalue weighted by atomic mass is 16.5. The fraction of sp³-hybridized carbons (Fsp3) is 0.667. The largest absolute Gasteiger partial charge is 0.478 e. The van der Waals surface area contributed by atoms with Crippen molar-refractivity contribution in [3.8, 4) is 11.9 Å². The van der Waals surface area contributed by atoms with Gasteiger partial charge in [0.15, 0.2) is 0 Å². The molecule has 5 heteroatoms. The predicted octanol–water partition coefficient (Wildman–Crippen LogP) is 1.69. The van der Waals surface area contributed by atoms with Crippen LogP contribution in [0.3, 0.4) is 0 Å². The molecule has 0 aliphatic carbocycles. The van der Waals surface area contributed by atoms with Crippen LogP contribution >= 0.6 is 0 Å². The number of nitrogens with two attached hydrogens (primary N) is 1. The standard InChI is InChI=1S/C12H21N3O2/c1-5-6-16-10-7-9(2)14-11(15-10)17-8-12(3,4)13/h7H,5-6,8,13H2,1-4H3. The van der Waals surface area contributed by atoms with E-state index in [1.54, 1.807) is 6.07 Å². The second-order valence-corrected chi connectivity index (χ2v) is 4.76. The van der Waals surface area contributed by atoms with E-state index < -0.39 is 5.54 Å². The third kappa shape index (κ3) is 5.49. The number of rotatable bonds is 6. The average molecular weight is 239 g/mol. The SMILES string of the molecule is CCCOc1cc(C)nc(OCC(C)(C)N)n1. The molecule has 0 aromatic carbocycles. The summed E-state index contributed by atoms with van der Waals surface area (Å²) in [5, 5.41) is 0. The van der Waals surface area contributed by atoms with Crippen LogP contribution in [0.15, 0.2) is 6.07 Å². The molecule has 1 aromatic rings. The van der Waals surface area contributed by atoms with Gasteiger partial charge in [0.05, 0.1) is 6.61 Å². The van der Waals surface area contributed by atoms with Crippen LogP contribution < -0.4 is 15.2 Å². The van der Waals surface area contributed by atoms with Gasteiger partial charge in [0.25, 0.3) is 0 Å². The van der Waals surface area contributed by atoms with E-state index in [-0.39, 0.29) is 0 Å². The molecule has 17 heavy (non-hydrogen) atoms. The molecule has 5 nitrogen and oxygen atoms in total. The van der Waals surface area contributed by atoms with Gasteiger partial charge in [-0.1, -0.05) is 6.92 Å². The number of nitrogens with zero attached hydrogens (tertiary/aromatic N) is 2. The lowest BCUT2D eigenvalue weighted by atomic mass is 10.1. The second-order valence-electron chi connectivity index (χ2n) is 4.76. The lowest BCUT2D eigenvalue weighted by Gasteiger charge is -2.18. The lowest BCUT2D eigenvalue weighted by Crippen LogP contribution is -2.39. The minimum Gasteiger partial charge on any atom is -0.478 e. The summed E-state index contributed by atoms with van der Waals surface area (Å²) in [5.74, 6) is 0.546. The van der Waals surface area contributed by atoms with E-state index in [2.05, 4.69) is 9.97 Å². The first-order valence-corrected chi connectivity index (χ1v) is 5.81. The molecule has 2 N–H and O–H groups in total. The Bertz CT molecular complexity index is 361. The fourth-order valence-electron chi connectivity index (χ4n) is 1.11. The van der Waals surface area contributed by atoms with E-state index in [9.17, 15) is 0 Å². The maximum atomic E-state index is 5.83. The van der Waals surface area contributed by atoms with Crippen LogP contribution in [-0.2, 0) is 0 Å². The molecule has 0 unspecified atom stereocenters. The number of ether oxygens (including phenoxy) is 2. The van der Waals surface area contributed by atoms with E-state index in [4.69, 9.17) is 15.2 Å². The Morgan fingerprint density at radius 3 is 2.59 bits per heavy atom. The number of hydrogen-bond donors (Lipinski definition) is 1. The zero-order chi connectivity index (χ0) is 12.9. The lowest BCUT2D eigenvalue weighted by molar-refractivity contribution is 0.220. The minimum atomic E-state index is -0.405. The van der Waals surface area contributed by atoms with Gasteiger partial charge in [-0.15, -0.1) is 0 Å². The molecule has 0 saturated heterocycles. The van der Waals surface area contributed by atoms with Crippen molar-refractivity contribution in [2.75, 3.05) is 13.2 Å². The summed E-state index contributed by atoms with van der Waals surface area (Å²) in [5.41, 5.74) is 6.24. The van der Waals surface area contributed by atoms with Gasteiger partial charge in [-0.2, -0.15) is 4.98 Å². The van der Waals surface area contributed by atoms with Gasteiger partial charge in [-0.25, -0.2) is 4.98 Å². The summed E-state index contributed by atoms with van der Waals surface area (Å²) >= 11 is 0. The van der Waals surface area contributed by atoms with Crippen molar-refractivity contribution in [1.82, 2.24) is 9.97 Å². The summed E-state index contributed by atoms with van der Waals surface area (Å²) in [6.45, 7) is 8.69. The van der Waals surface area contributed by atoms with Crippen LogP contribution in [0.4, 0.5) is 0 Å². The Hall–Kier alpha value is -1.36. The number of hydrogen-bond acceptors (Lipinski definition) is 5. The van der Waals surface area contributed by atoms with Gasteiger partial charge in [0.2, 0.25) is 5.88 Å². The molecule has 0 bridgehead atoms. The van der Waals surface area contributed by atoms with Crippen LogP contribution in [-0.4, -0.2) is 28.7 Å². The Labute approximate surface area is 102 Å². The Morgan fingerprint density at radius 2 is 2.00 bits per heavy atom. The van der Waals surface area contributed by atoms with Crippen molar-refractivity contribution in [2.45, 2.75) is 39.7 Å². The highest BCUT2D eigenvalue weighted by Gasteiger charge is 2.13. The molecule has 0 amide bonds. The summed E-state index contributed by atoms with van der Waals surface area (Å²) in [6, 6.07) is 2.10. The number of aromatic nitrogens is 2. The third-order valence-corrected chi connectivity index (χ3v) is 1.84. The molecular weight excluding hydrogens is 218 g/mol. The van der Waals surface area contributed by atoms with Gasteiger partial charge in [-0.3, -0.25) is 0 Å². The molecule has 0 spiro atoms. The van der Waals surface area contributed by atoms with Crippen LogP contribution in [0.25, 0.3) is 0 Å². The Kier molecular flexibility index (Phi) is 4.69. The highest BCUT2D eigenvalue weighted by Crippen LogP contribution is 2.14. The number of aryl methyl sites for hydroxylation is 1. The fourth-order valence-corrected chi connectivity index (χ4v) is 1.11. The first kappa shape index (κ1) is 13.7. The summed E-state index contributed by atoms with van der Waals surface area (Å²) in [6.07, 6.45) is 0.940. The van der Waals surface area contributed by atoms with Gasteiger partial charge in [0.1, 0.15) is 6.61 Å². The summed E-state index contributed by atoms with van der Waals surface area (Å²) < 4.78 is 10.9. The molecule has 0 radical (unpaired) electrons. The minimum absolute atomic E-state index is 0.314. The van der Waals surface area contributed by atoms with Crippen molar-refractivity contribution in [3.63, 3.8) is 0 Å². The molecule has 0 saturated carbocycles. The third-order valence-electron chi connectivity index (χ3n) is 1.84. The first-order chi connectivity index (χ1) is 7.90. The molecule has 1 rings (SSSR count). The molecular formula is C12H21N3O2. The predicted molar refractivity (Wildman–Crippen MR) is 66.3 cm³/mol. The van der Waals surface area contributed by atoms with Gasteiger partial charge in [-0.05, 0) is 27.2 Å². The molecule has 0 aliphatic rings. The zero-order valence-electron chi connectivity index (χ0n) is 11.0.